The lowest BCUT2D eigenvalue weighted by Gasteiger charge is -2.12. The Labute approximate surface area is 115 Å². The average molecular weight is 326 g/mol. The quantitative estimate of drug-likeness (QED) is 0.364. The van der Waals surface area contributed by atoms with Gasteiger partial charge in [0.05, 0.1) is 0 Å². The fraction of sp³-hybridized carbons (Fsp3) is 1.00. The molecule has 0 amide bonds. The number of alkyl halides is 5. The Hall–Kier alpha value is -0.440. The van der Waals surface area contributed by atoms with Crippen LogP contribution >= 0.6 is 0 Å². The number of hydrogen-bond donors (Lipinski definition) is 1. The summed E-state index contributed by atoms with van der Waals surface area (Å²) in [6.45, 7) is 0. The fourth-order valence-corrected chi connectivity index (χ4v) is 2.07. The Kier molecular flexibility index (Phi) is 7.93. The summed E-state index contributed by atoms with van der Waals surface area (Å²) in [5.74, 6) is 0. The first kappa shape index (κ1) is 19.6. The summed E-state index contributed by atoms with van der Waals surface area (Å²) in [6.07, 6.45) is -3.35. The molecule has 122 valence electrons. The second-order valence-corrected chi connectivity index (χ2v) is 6.25. The minimum atomic E-state index is -5.36. The van der Waals surface area contributed by atoms with Crippen LogP contribution < -0.4 is 0 Å². The van der Waals surface area contributed by atoms with Gasteiger partial charge >= 0.3 is 21.5 Å². The maximum absolute atomic E-state index is 12.8. The third-order valence-electron chi connectivity index (χ3n) is 2.81. The van der Waals surface area contributed by atoms with Gasteiger partial charge in [-0.1, -0.05) is 32.1 Å². The zero-order valence-electron chi connectivity index (χ0n) is 10.9. The highest BCUT2D eigenvalue weighted by Gasteiger charge is 2.42. The third-order valence-corrected chi connectivity index (χ3v) is 3.76. The van der Waals surface area contributed by atoms with E-state index in [1.807, 2.05) is 0 Å². The molecule has 0 aromatic heterocycles. The second-order valence-electron chi connectivity index (χ2n) is 4.70. The summed E-state index contributed by atoms with van der Waals surface area (Å²) >= 11 is 0. The van der Waals surface area contributed by atoms with Gasteiger partial charge in [0.15, 0.2) is 0 Å². The van der Waals surface area contributed by atoms with E-state index >= 15 is 0 Å². The highest BCUT2D eigenvalue weighted by molar-refractivity contribution is 7.86. The van der Waals surface area contributed by atoms with E-state index in [1.54, 1.807) is 0 Å². The van der Waals surface area contributed by atoms with Crippen molar-refractivity contribution in [3.63, 3.8) is 0 Å². The molecule has 0 radical (unpaired) electrons. The summed E-state index contributed by atoms with van der Waals surface area (Å²) in [5.41, 5.74) is 0. The maximum Gasteiger partial charge on any atom is 0.389 e. The summed E-state index contributed by atoms with van der Waals surface area (Å²) in [7, 11) is -5.36. The first-order valence-corrected chi connectivity index (χ1v) is 7.81. The lowest BCUT2D eigenvalue weighted by molar-refractivity contribution is -0.135. The number of hydrogen-bond acceptors (Lipinski definition) is 2. The van der Waals surface area contributed by atoms with Crippen LogP contribution in [0.3, 0.4) is 0 Å². The molecule has 9 heteroatoms. The van der Waals surface area contributed by atoms with Crippen LogP contribution in [-0.4, -0.2) is 24.4 Å². The van der Waals surface area contributed by atoms with E-state index < -0.39 is 34.4 Å². The van der Waals surface area contributed by atoms with E-state index in [4.69, 9.17) is 4.55 Å². The lowest BCUT2D eigenvalue weighted by atomic mass is 10.1. The van der Waals surface area contributed by atoms with E-state index in [0.717, 1.165) is 0 Å². The van der Waals surface area contributed by atoms with E-state index in [1.165, 1.54) is 0 Å². The molecule has 0 fully saturated rings. The molecule has 0 atom stereocenters. The first-order valence-electron chi connectivity index (χ1n) is 6.37. The van der Waals surface area contributed by atoms with Gasteiger partial charge in [-0.15, -0.1) is 0 Å². The monoisotopic (exact) mass is 326 g/mol. The molecule has 0 aliphatic heterocycles. The Morgan fingerprint density at radius 1 is 0.700 bits per heavy atom. The largest absolute Gasteiger partial charge is 0.389 e. The standard InChI is InChI=1S/C11H19F5O3S/c12-10(13,14)8-6-4-2-1-3-5-7-9-11(15,16)20(17,18)19/h1-9H2,(H,17,18,19). The molecule has 0 spiro atoms. The fourth-order valence-electron chi connectivity index (χ4n) is 1.67. The van der Waals surface area contributed by atoms with Crippen LogP contribution in [0, 0.1) is 0 Å². The number of unbranched alkanes of at least 4 members (excludes halogenated alkanes) is 6. The van der Waals surface area contributed by atoms with Crippen LogP contribution in [-0.2, 0) is 10.1 Å². The molecular formula is C11H19F5O3S. The first-order chi connectivity index (χ1) is 8.96. The van der Waals surface area contributed by atoms with Crippen LogP contribution in [0.25, 0.3) is 0 Å². The summed E-state index contributed by atoms with van der Waals surface area (Å²) in [6, 6.07) is 0. The highest BCUT2D eigenvalue weighted by atomic mass is 32.2. The Morgan fingerprint density at radius 3 is 1.40 bits per heavy atom. The lowest BCUT2D eigenvalue weighted by Crippen LogP contribution is -2.27. The van der Waals surface area contributed by atoms with Crippen molar-refractivity contribution in [3.05, 3.63) is 0 Å². The average Bonchev–Trinajstić information content (AvgIpc) is 2.23. The minimum absolute atomic E-state index is 0.0598. The van der Waals surface area contributed by atoms with Crippen LogP contribution in [0.5, 0.6) is 0 Å². The molecule has 1 N–H and O–H groups in total. The maximum atomic E-state index is 12.8. The molecule has 20 heavy (non-hydrogen) atoms. The molecule has 0 saturated carbocycles. The predicted molar refractivity (Wildman–Crippen MR) is 64.1 cm³/mol. The zero-order valence-corrected chi connectivity index (χ0v) is 11.7. The number of rotatable bonds is 10. The van der Waals surface area contributed by atoms with Gasteiger partial charge in [0.1, 0.15) is 0 Å². The Morgan fingerprint density at radius 2 is 1.05 bits per heavy atom. The summed E-state index contributed by atoms with van der Waals surface area (Å²) < 4.78 is 89.8. The van der Waals surface area contributed by atoms with Crippen molar-refractivity contribution in [2.24, 2.45) is 0 Å². The molecule has 0 aliphatic rings. The Bertz CT molecular complexity index is 365. The van der Waals surface area contributed by atoms with Crippen LogP contribution in [0.2, 0.25) is 0 Å². The molecule has 0 unspecified atom stereocenters. The van der Waals surface area contributed by atoms with Crippen molar-refractivity contribution in [1.82, 2.24) is 0 Å². The minimum Gasteiger partial charge on any atom is -0.281 e. The van der Waals surface area contributed by atoms with Gasteiger partial charge < -0.3 is 0 Å². The molecule has 0 aliphatic carbocycles. The van der Waals surface area contributed by atoms with Gasteiger partial charge in [-0.25, -0.2) is 0 Å². The molecular weight excluding hydrogens is 307 g/mol. The van der Waals surface area contributed by atoms with E-state index in [9.17, 15) is 30.4 Å². The summed E-state index contributed by atoms with van der Waals surface area (Å²) in [4.78, 5) is 0. The van der Waals surface area contributed by atoms with E-state index in [0.29, 0.717) is 32.1 Å². The smallest absolute Gasteiger partial charge is 0.281 e. The third kappa shape index (κ3) is 9.46. The normalized spacial score (nSPS) is 13.7. The summed E-state index contributed by atoms with van der Waals surface area (Å²) in [5, 5.41) is -4.13. The molecule has 0 rings (SSSR count). The molecule has 0 bridgehead atoms. The van der Waals surface area contributed by atoms with Gasteiger partial charge in [-0.2, -0.15) is 30.4 Å². The SMILES string of the molecule is O=S(=O)(O)C(F)(F)CCCCCCCCCC(F)(F)F. The van der Waals surface area contributed by atoms with E-state index in [-0.39, 0.29) is 12.8 Å². The van der Waals surface area contributed by atoms with Crippen LogP contribution in [0.4, 0.5) is 22.0 Å². The van der Waals surface area contributed by atoms with Crippen molar-refractivity contribution in [3.8, 4) is 0 Å². The topological polar surface area (TPSA) is 54.4 Å². The molecule has 3 nitrogen and oxygen atoms in total. The van der Waals surface area contributed by atoms with Gasteiger partial charge in [-0.05, 0) is 12.8 Å². The van der Waals surface area contributed by atoms with Crippen molar-refractivity contribution < 1.29 is 34.9 Å². The Balaban J connectivity index is 3.51. The van der Waals surface area contributed by atoms with Crippen LogP contribution in [0.15, 0.2) is 0 Å². The highest BCUT2D eigenvalue weighted by Crippen LogP contribution is 2.27. The van der Waals surface area contributed by atoms with Gasteiger partial charge in [0.2, 0.25) is 0 Å². The second kappa shape index (κ2) is 8.11. The van der Waals surface area contributed by atoms with Crippen molar-refractivity contribution >= 4 is 10.1 Å². The number of halogens is 5. The predicted octanol–water partition coefficient (Wildman–Crippen LogP) is 4.54. The molecule has 0 saturated heterocycles. The van der Waals surface area contributed by atoms with Crippen LogP contribution in [0.1, 0.15) is 57.8 Å². The van der Waals surface area contributed by atoms with Gasteiger partial charge in [0, 0.05) is 12.8 Å². The van der Waals surface area contributed by atoms with Gasteiger partial charge in [0.25, 0.3) is 0 Å². The molecule has 0 heterocycles. The van der Waals surface area contributed by atoms with Gasteiger partial charge in [-0.3, -0.25) is 4.55 Å². The zero-order chi connectivity index (χ0) is 15.9. The van der Waals surface area contributed by atoms with Crippen molar-refractivity contribution in [2.45, 2.75) is 69.2 Å². The van der Waals surface area contributed by atoms with E-state index in [2.05, 4.69) is 0 Å². The molecule has 0 aromatic carbocycles. The van der Waals surface area contributed by atoms with Crippen molar-refractivity contribution in [1.29, 1.82) is 0 Å². The van der Waals surface area contributed by atoms with Crippen molar-refractivity contribution in [2.75, 3.05) is 0 Å². The molecule has 0 aromatic rings.